The Balaban J connectivity index is 1.66. The molecule has 100 valence electrons. The number of piperidine rings is 1. The summed E-state index contributed by atoms with van der Waals surface area (Å²) in [6.45, 7) is 4.15. The second-order valence-electron chi connectivity index (χ2n) is 5.20. The van der Waals surface area contributed by atoms with Gasteiger partial charge < -0.3 is 10.6 Å². The Morgan fingerprint density at radius 1 is 1.32 bits per heavy atom. The zero-order valence-corrected chi connectivity index (χ0v) is 11.1. The van der Waals surface area contributed by atoms with Gasteiger partial charge in [0, 0.05) is 31.3 Å². The summed E-state index contributed by atoms with van der Waals surface area (Å²) in [5.74, 6) is 2.24. The Bertz CT molecular complexity index is 554. The first kappa shape index (κ1) is 12.0. The summed E-state index contributed by atoms with van der Waals surface area (Å²) in [6, 6.07) is 6.13. The highest BCUT2D eigenvalue weighted by Crippen LogP contribution is 2.29. The van der Waals surface area contributed by atoms with Crippen LogP contribution in [0, 0.1) is 6.92 Å². The van der Waals surface area contributed by atoms with Crippen LogP contribution in [0.2, 0.25) is 0 Å². The van der Waals surface area contributed by atoms with Gasteiger partial charge in [0.05, 0.1) is 5.69 Å². The standard InChI is InChI=1S/C14H19N5/c1-10-2-5-16-14(8-10)19-6-3-11(4-7-19)12-9-13(15)18-17-12/h2,5,8-9,11H,3-4,6-7H2,1H3,(H3,15,17,18). The number of aromatic nitrogens is 3. The van der Waals surface area contributed by atoms with E-state index in [1.165, 1.54) is 5.56 Å². The number of nitrogens with one attached hydrogen (secondary N) is 1. The Morgan fingerprint density at radius 3 is 2.74 bits per heavy atom. The first-order valence-corrected chi connectivity index (χ1v) is 6.71. The van der Waals surface area contributed by atoms with Crippen LogP contribution in [0.1, 0.15) is 30.0 Å². The molecular weight excluding hydrogens is 238 g/mol. The van der Waals surface area contributed by atoms with Crippen LogP contribution in [0.4, 0.5) is 11.6 Å². The number of anilines is 2. The predicted molar refractivity (Wildman–Crippen MR) is 76.2 cm³/mol. The van der Waals surface area contributed by atoms with Crippen LogP contribution in [0.5, 0.6) is 0 Å². The lowest BCUT2D eigenvalue weighted by Crippen LogP contribution is -2.33. The van der Waals surface area contributed by atoms with Crippen molar-refractivity contribution in [3.63, 3.8) is 0 Å². The molecule has 5 nitrogen and oxygen atoms in total. The summed E-state index contributed by atoms with van der Waals surface area (Å²) in [7, 11) is 0. The van der Waals surface area contributed by atoms with E-state index in [0.29, 0.717) is 11.7 Å². The van der Waals surface area contributed by atoms with Crippen LogP contribution in [-0.4, -0.2) is 28.3 Å². The van der Waals surface area contributed by atoms with Crippen LogP contribution >= 0.6 is 0 Å². The SMILES string of the molecule is Cc1ccnc(N2CCC(c3cc(N)[nH]n3)CC2)c1. The minimum atomic E-state index is 0.509. The molecular formula is C14H19N5. The van der Waals surface area contributed by atoms with Crippen molar-refractivity contribution in [2.24, 2.45) is 0 Å². The van der Waals surface area contributed by atoms with Gasteiger partial charge in [0.15, 0.2) is 0 Å². The Labute approximate surface area is 112 Å². The van der Waals surface area contributed by atoms with Crippen LogP contribution in [0.15, 0.2) is 24.4 Å². The molecule has 0 radical (unpaired) electrons. The van der Waals surface area contributed by atoms with Gasteiger partial charge in [-0.3, -0.25) is 5.10 Å². The summed E-state index contributed by atoms with van der Waals surface area (Å²) in [4.78, 5) is 6.80. The molecule has 0 aliphatic carbocycles. The second kappa shape index (κ2) is 4.91. The van der Waals surface area contributed by atoms with Gasteiger partial charge in [0.25, 0.3) is 0 Å². The van der Waals surface area contributed by atoms with Gasteiger partial charge in [-0.15, -0.1) is 0 Å². The largest absolute Gasteiger partial charge is 0.384 e. The summed E-state index contributed by atoms with van der Waals surface area (Å²) in [6.07, 6.45) is 4.07. The minimum Gasteiger partial charge on any atom is -0.384 e. The highest BCUT2D eigenvalue weighted by molar-refractivity contribution is 5.41. The van der Waals surface area contributed by atoms with E-state index in [0.717, 1.165) is 37.4 Å². The predicted octanol–water partition coefficient (Wildman–Crippen LogP) is 2.08. The fraction of sp³-hybridized carbons (Fsp3) is 0.429. The number of pyridine rings is 1. The number of hydrogen-bond donors (Lipinski definition) is 2. The van der Waals surface area contributed by atoms with E-state index >= 15 is 0 Å². The monoisotopic (exact) mass is 257 g/mol. The molecule has 0 amide bonds. The quantitative estimate of drug-likeness (QED) is 0.864. The average Bonchev–Trinajstić information content (AvgIpc) is 2.86. The third kappa shape index (κ3) is 2.54. The van der Waals surface area contributed by atoms with E-state index in [1.54, 1.807) is 0 Å². The maximum absolute atomic E-state index is 5.68. The molecule has 0 bridgehead atoms. The van der Waals surface area contributed by atoms with Gasteiger partial charge in [0.2, 0.25) is 0 Å². The van der Waals surface area contributed by atoms with Crippen LogP contribution in [-0.2, 0) is 0 Å². The van der Waals surface area contributed by atoms with E-state index in [-0.39, 0.29) is 0 Å². The maximum atomic E-state index is 5.68. The molecule has 5 heteroatoms. The van der Waals surface area contributed by atoms with Crippen LogP contribution in [0.25, 0.3) is 0 Å². The fourth-order valence-electron chi connectivity index (χ4n) is 2.66. The minimum absolute atomic E-state index is 0.509. The first-order valence-electron chi connectivity index (χ1n) is 6.71. The lowest BCUT2D eigenvalue weighted by atomic mass is 9.93. The van der Waals surface area contributed by atoms with E-state index in [2.05, 4.69) is 33.1 Å². The number of H-pyrrole nitrogens is 1. The normalized spacial score (nSPS) is 16.8. The lowest BCUT2D eigenvalue weighted by molar-refractivity contribution is 0.493. The van der Waals surface area contributed by atoms with Crippen molar-refractivity contribution < 1.29 is 0 Å². The number of rotatable bonds is 2. The fourth-order valence-corrected chi connectivity index (χ4v) is 2.66. The number of nitrogens with zero attached hydrogens (tertiary/aromatic N) is 3. The van der Waals surface area contributed by atoms with Crippen molar-refractivity contribution in [2.75, 3.05) is 23.7 Å². The molecule has 0 atom stereocenters. The summed E-state index contributed by atoms with van der Waals surface area (Å²) in [5, 5.41) is 7.09. The van der Waals surface area contributed by atoms with E-state index < -0.39 is 0 Å². The Hall–Kier alpha value is -2.04. The molecule has 1 aliphatic rings. The second-order valence-corrected chi connectivity index (χ2v) is 5.20. The zero-order chi connectivity index (χ0) is 13.2. The average molecular weight is 257 g/mol. The van der Waals surface area contributed by atoms with Crippen molar-refractivity contribution >= 4 is 11.6 Å². The van der Waals surface area contributed by atoms with Crippen LogP contribution < -0.4 is 10.6 Å². The van der Waals surface area contributed by atoms with Gasteiger partial charge in [-0.2, -0.15) is 5.10 Å². The molecule has 0 unspecified atom stereocenters. The maximum Gasteiger partial charge on any atom is 0.128 e. The molecule has 0 spiro atoms. The molecule has 19 heavy (non-hydrogen) atoms. The van der Waals surface area contributed by atoms with Crippen molar-refractivity contribution in [2.45, 2.75) is 25.7 Å². The molecule has 0 aromatic carbocycles. The number of nitrogen functional groups attached to an aromatic ring is 1. The summed E-state index contributed by atoms with van der Waals surface area (Å²) < 4.78 is 0. The molecule has 2 aromatic heterocycles. The molecule has 1 fully saturated rings. The summed E-state index contributed by atoms with van der Waals surface area (Å²) >= 11 is 0. The summed E-state index contributed by atoms with van der Waals surface area (Å²) in [5.41, 5.74) is 8.03. The van der Waals surface area contributed by atoms with Gasteiger partial charge in [-0.25, -0.2) is 4.98 Å². The third-order valence-corrected chi connectivity index (χ3v) is 3.76. The van der Waals surface area contributed by atoms with Crippen molar-refractivity contribution in [1.29, 1.82) is 0 Å². The highest BCUT2D eigenvalue weighted by Gasteiger charge is 2.23. The molecule has 3 rings (SSSR count). The topological polar surface area (TPSA) is 70.8 Å². The van der Waals surface area contributed by atoms with Gasteiger partial charge in [-0.05, 0) is 37.5 Å². The molecule has 1 saturated heterocycles. The number of nitrogens with two attached hydrogens (primary N) is 1. The van der Waals surface area contributed by atoms with Crippen molar-refractivity contribution in [1.82, 2.24) is 15.2 Å². The van der Waals surface area contributed by atoms with E-state index in [9.17, 15) is 0 Å². The smallest absolute Gasteiger partial charge is 0.128 e. The molecule has 0 saturated carbocycles. The van der Waals surface area contributed by atoms with Crippen LogP contribution in [0.3, 0.4) is 0 Å². The molecule has 3 heterocycles. The van der Waals surface area contributed by atoms with Gasteiger partial charge >= 0.3 is 0 Å². The lowest BCUT2D eigenvalue weighted by Gasteiger charge is -2.32. The molecule has 2 aromatic rings. The Kier molecular flexibility index (Phi) is 3.11. The first-order chi connectivity index (χ1) is 9.22. The van der Waals surface area contributed by atoms with E-state index in [4.69, 9.17) is 5.73 Å². The van der Waals surface area contributed by atoms with Crippen molar-refractivity contribution in [3.05, 3.63) is 35.7 Å². The van der Waals surface area contributed by atoms with Crippen molar-refractivity contribution in [3.8, 4) is 0 Å². The zero-order valence-electron chi connectivity index (χ0n) is 11.1. The molecule has 1 aliphatic heterocycles. The number of hydrogen-bond acceptors (Lipinski definition) is 4. The van der Waals surface area contributed by atoms with Gasteiger partial charge in [-0.1, -0.05) is 0 Å². The number of aromatic amines is 1. The van der Waals surface area contributed by atoms with Gasteiger partial charge in [0.1, 0.15) is 11.6 Å². The number of aryl methyl sites for hydroxylation is 1. The highest BCUT2D eigenvalue weighted by atomic mass is 15.2. The van der Waals surface area contributed by atoms with E-state index in [1.807, 2.05) is 18.3 Å². The molecule has 3 N–H and O–H groups in total. The Morgan fingerprint density at radius 2 is 2.11 bits per heavy atom. The third-order valence-electron chi connectivity index (χ3n) is 3.76.